The van der Waals surface area contributed by atoms with Crippen LogP contribution >= 0.6 is 0 Å². The molecule has 0 aromatic carbocycles. The highest BCUT2D eigenvalue weighted by Gasteiger charge is 2.22. The summed E-state index contributed by atoms with van der Waals surface area (Å²) in [4.78, 5) is 10.7. The van der Waals surface area contributed by atoms with Crippen molar-refractivity contribution >= 4 is 5.97 Å². The SMILES string of the molecule is CCCCOCCOC(CC)CC(CC(OCCCCCC(=O)O)OCCOCCOCC)OCCOCC. The first-order valence-corrected chi connectivity index (χ1v) is 15.1. The van der Waals surface area contributed by atoms with Crippen molar-refractivity contribution in [1.82, 2.24) is 0 Å². The number of carboxylic acid groups (broad SMARTS) is 1. The highest BCUT2D eigenvalue weighted by molar-refractivity contribution is 5.66. The zero-order valence-electron chi connectivity index (χ0n) is 25.2. The summed E-state index contributed by atoms with van der Waals surface area (Å²) in [5.74, 6) is -0.770. The summed E-state index contributed by atoms with van der Waals surface area (Å²) in [6.07, 6.45) is 6.12. The molecule has 0 amide bonds. The number of aliphatic carboxylic acids is 1. The molecule has 10 heteroatoms. The Balaban J connectivity index is 4.87. The zero-order valence-corrected chi connectivity index (χ0v) is 25.2. The molecular weight excluding hydrogens is 508 g/mol. The Bertz CT molecular complexity index is 508. The van der Waals surface area contributed by atoms with Crippen LogP contribution in [0.3, 0.4) is 0 Å². The predicted octanol–water partition coefficient (Wildman–Crippen LogP) is 4.86. The monoisotopic (exact) mass is 566 g/mol. The maximum absolute atomic E-state index is 10.7. The first-order valence-electron chi connectivity index (χ1n) is 15.1. The van der Waals surface area contributed by atoms with E-state index in [-0.39, 0.29) is 18.6 Å². The van der Waals surface area contributed by atoms with Crippen molar-refractivity contribution < 1.29 is 47.8 Å². The molecule has 234 valence electrons. The fraction of sp³-hybridized carbons (Fsp3) is 0.966. The van der Waals surface area contributed by atoms with Gasteiger partial charge in [-0.1, -0.05) is 26.7 Å². The lowest BCUT2D eigenvalue weighted by atomic mass is 10.1. The number of carboxylic acids is 1. The molecule has 0 heterocycles. The predicted molar refractivity (Wildman–Crippen MR) is 150 cm³/mol. The second-order valence-electron chi connectivity index (χ2n) is 9.21. The summed E-state index contributed by atoms with van der Waals surface area (Å²) in [5.41, 5.74) is 0. The molecule has 0 saturated heterocycles. The Morgan fingerprint density at radius 3 is 1.77 bits per heavy atom. The minimum atomic E-state index is -0.770. The zero-order chi connectivity index (χ0) is 28.8. The van der Waals surface area contributed by atoms with Gasteiger partial charge in [0.2, 0.25) is 0 Å². The molecule has 0 aliphatic carbocycles. The van der Waals surface area contributed by atoms with E-state index in [9.17, 15) is 4.79 Å². The van der Waals surface area contributed by atoms with E-state index in [2.05, 4.69) is 13.8 Å². The molecule has 3 atom stereocenters. The molecule has 0 radical (unpaired) electrons. The topological polar surface area (TPSA) is 111 Å². The third kappa shape index (κ3) is 27.1. The molecule has 39 heavy (non-hydrogen) atoms. The highest BCUT2D eigenvalue weighted by atomic mass is 16.7. The average Bonchev–Trinajstić information content (AvgIpc) is 2.92. The van der Waals surface area contributed by atoms with Crippen LogP contribution in [-0.4, -0.2) is 109 Å². The highest BCUT2D eigenvalue weighted by Crippen LogP contribution is 2.18. The first kappa shape index (κ1) is 38.1. The smallest absolute Gasteiger partial charge is 0.303 e. The van der Waals surface area contributed by atoms with Gasteiger partial charge in [0.15, 0.2) is 6.29 Å². The van der Waals surface area contributed by atoms with Gasteiger partial charge in [-0.3, -0.25) is 4.79 Å². The van der Waals surface area contributed by atoms with Gasteiger partial charge in [-0.05, 0) is 46.0 Å². The van der Waals surface area contributed by atoms with Gasteiger partial charge in [-0.15, -0.1) is 0 Å². The van der Waals surface area contributed by atoms with E-state index in [1.54, 1.807) is 0 Å². The Morgan fingerprint density at radius 2 is 1.13 bits per heavy atom. The largest absolute Gasteiger partial charge is 0.481 e. The Kier molecular flexibility index (Phi) is 29.5. The van der Waals surface area contributed by atoms with Crippen molar-refractivity contribution in [3.8, 4) is 0 Å². The van der Waals surface area contributed by atoms with Gasteiger partial charge >= 0.3 is 5.97 Å². The second-order valence-corrected chi connectivity index (χ2v) is 9.21. The van der Waals surface area contributed by atoms with Crippen LogP contribution in [0.15, 0.2) is 0 Å². The van der Waals surface area contributed by atoms with Crippen LogP contribution in [0.2, 0.25) is 0 Å². The van der Waals surface area contributed by atoms with Crippen LogP contribution in [0, 0.1) is 0 Å². The van der Waals surface area contributed by atoms with E-state index in [4.69, 9.17) is 43.0 Å². The summed E-state index contributed by atoms with van der Waals surface area (Å²) in [7, 11) is 0. The Hall–Kier alpha value is -0.850. The van der Waals surface area contributed by atoms with Crippen LogP contribution in [0.1, 0.15) is 85.5 Å². The third-order valence-corrected chi connectivity index (χ3v) is 5.89. The molecule has 3 unspecified atom stereocenters. The van der Waals surface area contributed by atoms with Crippen molar-refractivity contribution in [2.75, 3.05) is 79.3 Å². The van der Waals surface area contributed by atoms with Gasteiger partial charge in [0.1, 0.15) is 0 Å². The molecule has 0 aromatic heterocycles. The maximum atomic E-state index is 10.7. The molecule has 0 spiro atoms. The van der Waals surface area contributed by atoms with E-state index in [1.807, 2.05) is 13.8 Å². The van der Waals surface area contributed by atoms with Crippen molar-refractivity contribution in [3.05, 3.63) is 0 Å². The fourth-order valence-corrected chi connectivity index (χ4v) is 3.69. The van der Waals surface area contributed by atoms with E-state index in [0.717, 1.165) is 38.7 Å². The van der Waals surface area contributed by atoms with Gasteiger partial charge in [0.05, 0.1) is 65.1 Å². The lowest BCUT2D eigenvalue weighted by Gasteiger charge is -2.27. The molecule has 0 fully saturated rings. The first-order chi connectivity index (χ1) is 19.1. The fourth-order valence-electron chi connectivity index (χ4n) is 3.69. The Labute approximate surface area is 237 Å². The summed E-state index contributed by atoms with van der Waals surface area (Å²) in [6.45, 7) is 14.8. The van der Waals surface area contributed by atoms with E-state index >= 15 is 0 Å². The molecule has 0 rings (SSSR count). The standard InChI is InChI=1S/C29H58O10/c1-5-9-14-34-19-22-36-26(6-2)24-27(37-21-18-33-8-4)25-29(38-15-12-10-11-13-28(30)31)39-23-20-35-17-16-32-7-3/h26-27,29H,5-25H2,1-4H3,(H,30,31). The van der Waals surface area contributed by atoms with Gasteiger partial charge in [0.25, 0.3) is 0 Å². The second kappa shape index (κ2) is 30.1. The summed E-state index contributed by atoms with van der Waals surface area (Å²) >= 11 is 0. The van der Waals surface area contributed by atoms with Gasteiger partial charge in [-0.2, -0.15) is 0 Å². The number of unbranched alkanes of at least 4 members (excludes halogenated alkanes) is 3. The molecule has 1 N–H and O–H groups in total. The molecule has 0 aromatic rings. The Morgan fingerprint density at radius 1 is 0.564 bits per heavy atom. The van der Waals surface area contributed by atoms with Crippen LogP contribution in [0.25, 0.3) is 0 Å². The van der Waals surface area contributed by atoms with Gasteiger partial charge in [0, 0.05) is 39.3 Å². The number of carbonyl (C=O) groups is 1. The van der Waals surface area contributed by atoms with E-state index in [1.165, 1.54) is 0 Å². The normalized spacial score (nSPS) is 13.9. The van der Waals surface area contributed by atoms with Crippen molar-refractivity contribution in [3.63, 3.8) is 0 Å². The minimum Gasteiger partial charge on any atom is -0.481 e. The molecule has 0 bridgehead atoms. The lowest BCUT2D eigenvalue weighted by molar-refractivity contribution is -0.175. The number of ether oxygens (including phenoxy) is 8. The quantitative estimate of drug-likeness (QED) is 0.0895. The third-order valence-electron chi connectivity index (χ3n) is 5.89. The maximum Gasteiger partial charge on any atom is 0.303 e. The molecular formula is C29H58O10. The summed E-state index contributed by atoms with van der Waals surface area (Å²) in [6, 6.07) is 0. The molecule has 10 nitrogen and oxygen atoms in total. The number of rotatable bonds is 32. The molecule has 0 aliphatic rings. The van der Waals surface area contributed by atoms with Crippen molar-refractivity contribution in [2.45, 2.75) is 104 Å². The number of hydrogen-bond acceptors (Lipinski definition) is 9. The van der Waals surface area contributed by atoms with Crippen LogP contribution < -0.4 is 0 Å². The summed E-state index contributed by atoms with van der Waals surface area (Å²) in [5, 5.41) is 8.83. The van der Waals surface area contributed by atoms with Crippen molar-refractivity contribution in [1.29, 1.82) is 0 Å². The minimum absolute atomic E-state index is 0.0374. The van der Waals surface area contributed by atoms with Gasteiger partial charge in [-0.25, -0.2) is 0 Å². The lowest BCUT2D eigenvalue weighted by Crippen LogP contribution is -2.32. The number of hydrogen-bond donors (Lipinski definition) is 1. The van der Waals surface area contributed by atoms with E-state index in [0.29, 0.717) is 91.9 Å². The van der Waals surface area contributed by atoms with Gasteiger partial charge < -0.3 is 43.0 Å². The molecule has 0 aliphatic heterocycles. The average molecular weight is 567 g/mol. The van der Waals surface area contributed by atoms with Crippen LogP contribution in [0.4, 0.5) is 0 Å². The van der Waals surface area contributed by atoms with E-state index < -0.39 is 12.3 Å². The van der Waals surface area contributed by atoms with Crippen molar-refractivity contribution in [2.24, 2.45) is 0 Å². The summed E-state index contributed by atoms with van der Waals surface area (Å²) < 4.78 is 46.4. The molecule has 0 saturated carbocycles. The van der Waals surface area contributed by atoms with Crippen LogP contribution in [0.5, 0.6) is 0 Å². The van der Waals surface area contributed by atoms with Crippen LogP contribution in [-0.2, 0) is 42.7 Å².